The zero-order valence-corrected chi connectivity index (χ0v) is 12.8. The van der Waals surface area contributed by atoms with Gasteiger partial charge in [0.2, 0.25) is 0 Å². The summed E-state index contributed by atoms with van der Waals surface area (Å²) in [6.07, 6.45) is 14.4. The zero-order chi connectivity index (χ0) is 15.2. The second kappa shape index (κ2) is 7.30. The van der Waals surface area contributed by atoms with E-state index >= 15 is 0 Å². The fourth-order valence-electron chi connectivity index (χ4n) is 2.35. The van der Waals surface area contributed by atoms with Gasteiger partial charge in [-0.15, -0.1) is 0 Å². The molecule has 0 bridgehead atoms. The van der Waals surface area contributed by atoms with E-state index in [-0.39, 0.29) is 0 Å². The number of carboxylic acid groups (broad SMARTS) is 1. The van der Waals surface area contributed by atoms with Crippen LogP contribution in [-0.2, 0) is 4.79 Å². The standard InChI is InChI=1S/C18H25NO2/c1-3-14(13-19(2)10-9-15-7-8-15)11-17(18(20)21)12-16-5-4-6-16/h3,11-13,15H,1,4-10H2,2H3,(H,20,21)/b14-13-,17-11+. The number of rotatable bonds is 8. The van der Waals surface area contributed by atoms with Crippen LogP contribution in [0.3, 0.4) is 0 Å². The van der Waals surface area contributed by atoms with Crippen molar-refractivity contribution < 1.29 is 9.90 Å². The Morgan fingerprint density at radius 3 is 2.62 bits per heavy atom. The van der Waals surface area contributed by atoms with E-state index in [0.717, 1.165) is 30.9 Å². The maximum Gasteiger partial charge on any atom is 0.335 e. The second-order valence-corrected chi connectivity index (χ2v) is 6.11. The average Bonchev–Trinajstić information content (AvgIpc) is 3.21. The van der Waals surface area contributed by atoms with Crippen LogP contribution in [0.2, 0.25) is 0 Å². The lowest BCUT2D eigenvalue weighted by Crippen LogP contribution is -2.13. The van der Waals surface area contributed by atoms with Gasteiger partial charge in [-0.1, -0.05) is 31.1 Å². The first-order chi connectivity index (χ1) is 10.1. The van der Waals surface area contributed by atoms with Crippen molar-refractivity contribution in [1.29, 1.82) is 0 Å². The first-order valence-electron chi connectivity index (χ1n) is 7.77. The molecule has 0 aromatic carbocycles. The van der Waals surface area contributed by atoms with Gasteiger partial charge >= 0.3 is 5.97 Å². The van der Waals surface area contributed by atoms with E-state index in [9.17, 15) is 9.90 Å². The third-order valence-electron chi connectivity index (χ3n) is 4.12. The van der Waals surface area contributed by atoms with Crippen LogP contribution in [0.4, 0.5) is 0 Å². The molecule has 0 amide bonds. The fraction of sp³-hybridized carbons (Fsp3) is 0.500. The predicted molar refractivity (Wildman–Crippen MR) is 85.9 cm³/mol. The lowest BCUT2D eigenvalue weighted by molar-refractivity contribution is -0.132. The highest BCUT2D eigenvalue weighted by molar-refractivity contribution is 5.90. The summed E-state index contributed by atoms with van der Waals surface area (Å²) >= 11 is 0. The molecule has 2 aliphatic rings. The Balaban J connectivity index is 2.03. The molecule has 0 aromatic heterocycles. The monoisotopic (exact) mass is 287 g/mol. The summed E-state index contributed by atoms with van der Waals surface area (Å²) < 4.78 is 0. The maximum absolute atomic E-state index is 11.3. The first-order valence-corrected chi connectivity index (χ1v) is 7.77. The summed E-state index contributed by atoms with van der Waals surface area (Å²) in [6, 6.07) is 0. The summed E-state index contributed by atoms with van der Waals surface area (Å²) in [6.45, 7) is 4.81. The third kappa shape index (κ3) is 5.25. The number of nitrogens with zero attached hydrogens (tertiary/aromatic N) is 1. The van der Waals surface area contributed by atoms with Gasteiger partial charge in [-0.3, -0.25) is 0 Å². The highest BCUT2D eigenvalue weighted by Gasteiger charge is 2.20. The molecule has 0 saturated heterocycles. The van der Waals surface area contributed by atoms with Crippen molar-refractivity contribution in [3.05, 3.63) is 47.7 Å². The van der Waals surface area contributed by atoms with E-state index in [4.69, 9.17) is 0 Å². The van der Waals surface area contributed by atoms with Gasteiger partial charge in [-0.2, -0.15) is 0 Å². The number of carbonyl (C=O) groups is 1. The van der Waals surface area contributed by atoms with Crippen LogP contribution in [0.1, 0.15) is 38.5 Å². The molecule has 3 nitrogen and oxygen atoms in total. The average molecular weight is 287 g/mol. The molecule has 0 aliphatic heterocycles. The molecule has 114 valence electrons. The Morgan fingerprint density at radius 1 is 1.43 bits per heavy atom. The molecule has 0 heterocycles. The number of aliphatic carboxylic acids is 1. The summed E-state index contributed by atoms with van der Waals surface area (Å²) in [5.41, 5.74) is 2.43. The van der Waals surface area contributed by atoms with Crippen molar-refractivity contribution in [3.63, 3.8) is 0 Å². The minimum atomic E-state index is -0.872. The van der Waals surface area contributed by atoms with Gasteiger partial charge in [0.05, 0.1) is 5.57 Å². The number of hydrogen-bond acceptors (Lipinski definition) is 2. The molecule has 0 spiro atoms. The molecule has 0 aromatic rings. The Labute approximate surface area is 127 Å². The van der Waals surface area contributed by atoms with Gasteiger partial charge in [0, 0.05) is 19.8 Å². The molecule has 2 rings (SSSR count). The highest BCUT2D eigenvalue weighted by atomic mass is 16.4. The van der Waals surface area contributed by atoms with Crippen molar-refractivity contribution in [3.8, 4) is 0 Å². The van der Waals surface area contributed by atoms with Crippen LogP contribution in [0.25, 0.3) is 0 Å². The van der Waals surface area contributed by atoms with Gasteiger partial charge in [0.15, 0.2) is 0 Å². The largest absolute Gasteiger partial charge is 0.478 e. The van der Waals surface area contributed by atoms with Gasteiger partial charge in [0.1, 0.15) is 0 Å². The van der Waals surface area contributed by atoms with Crippen molar-refractivity contribution in [2.24, 2.45) is 5.92 Å². The molecule has 21 heavy (non-hydrogen) atoms. The van der Waals surface area contributed by atoms with Gasteiger partial charge < -0.3 is 10.0 Å². The maximum atomic E-state index is 11.3. The quantitative estimate of drug-likeness (QED) is 0.543. The summed E-state index contributed by atoms with van der Waals surface area (Å²) in [7, 11) is 2.03. The lowest BCUT2D eigenvalue weighted by atomic mass is 9.90. The molecule has 0 radical (unpaired) electrons. The van der Waals surface area contributed by atoms with Crippen molar-refractivity contribution in [1.82, 2.24) is 4.90 Å². The third-order valence-corrected chi connectivity index (χ3v) is 4.12. The Bertz CT molecular complexity index is 489. The molecule has 3 heteroatoms. The predicted octanol–water partition coefficient (Wildman–Crippen LogP) is 3.91. The molecule has 2 fully saturated rings. The van der Waals surface area contributed by atoms with Crippen molar-refractivity contribution >= 4 is 5.97 Å². The Hall–Kier alpha value is -1.77. The summed E-state index contributed by atoms with van der Waals surface area (Å²) in [5, 5.41) is 9.32. The summed E-state index contributed by atoms with van der Waals surface area (Å²) in [4.78, 5) is 13.5. The lowest BCUT2D eigenvalue weighted by Gasteiger charge is -2.16. The van der Waals surface area contributed by atoms with E-state index < -0.39 is 5.97 Å². The van der Waals surface area contributed by atoms with Crippen molar-refractivity contribution in [2.75, 3.05) is 13.6 Å². The van der Waals surface area contributed by atoms with E-state index in [1.807, 2.05) is 19.3 Å². The smallest absolute Gasteiger partial charge is 0.335 e. The van der Waals surface area contributed by atoms with Crippen LogP contribution in [-0.4, -0.2) is 29.6 Å². The van der Waals surface area contributed by atoms with E-state index in [0.29, 0.717) is 5.57 Å². The number of hydrogen-bond donors (Lipinski definition) is 1. The minimum absolute atomic E-state index is 0.353. The van der Waals surface area contributed by atoms with Crippen LogP contribution in [0.5, 0.6) is 0 Å². The van der Waals surface area contributed by atoms with Gasteiger partial charge in [-0.05, 0) is 49.3 Å². The number of allylic oxidation sites excluding steroid dienone is 4. The second-order valence-electron chi connectivity index (χ2n) is 6.11. The summed E-state index contributed by atoms with van der Waals surface area (Å²) in [5.74, 6) is 0.0317. The molecular formula is C18H25NO2. The van der Waals surface area contributed by atoms with E-state index in [1.54, 1.807) is 12.2 Å². The molecule has 1 N–H and O–H groups in total. The van der Waals surface area contributed by atoms with Crippen LogP contribution in [0, 0.1) is 5.92 Å². The van der Waals surface area contributed by atoms with Crippen LogP contribution < -0.4 is 0 Å². The van der Waals surface area contributed by atoms with Crippen LogP contribution in [0.15, 0.2) is 47.7 Å². The van der Waals surface area contributed by atoms with Crippen LogP contribution >= 0.6 is 0 Å². The topological polar surface area (TPSA) is 40.5 Å². The molecule has 2 aliphatic carbocycles. The SMILES string of the molecule is C=CC(=C/N(C)CCC1CC1)/C=C(\C=C1CCC1)C(=O)O. The zero-order valence-electron chi connectivity index (χ0n) is 12.8. The fourth-order valence-corrected chi connectivity index (χ4v) is 2.35. The normalized spacial score (nSPS) is 19.0. The molecule has 2 saturated carbocycles. The van der Waals surface area contributed by atoms with Gasteiger partial charge in [-0.25, -0.2) is 4.79 Å². The molecular weight excluding hydrogens is 262 g/mol. The highest BCUT2D eigenvalue weighted by Crippen LogP contribution is 2.32. The molecule has 0 unspecified atom stereocenters. The minimum Gasteiger partial charge on any atom is -0.478 e. The van der Waals surface area contributed by atoms with Gasteiger partial charge in [0.25, 0.3) is 0 Å². The number of carboxylic acids is 1. The van der Waals surface area contributed by atoms with E-state index in [1.165, 1.54) is 31.3 Å². The molecule has 0 atom stereocenters. The Kier molecular flexibility index (Phi) is 5.43. The Morgan fingerprint density at radius 2 is 2.14 bits per heavy atom. The van der Waals surface area contributed by atoms with E-state index in [2.05, 4.69) is 11.5 Å². The van der Waals surface area contributed by atoms with Crippen molar-refractivity contribution in [2.45, 2.75) is 38.5 Å². The first kappa shape index (κ1) is 15.6.